The number of piperazine rings is 1. The van der Waals surface area contributed by atoms with Gasteiger partial charge in [0.15, 0.2) is 0 Å². The zero-order chi connectivity index (χ0) is 16.4. The highest BCUT2D eigenvalue weighted by atomic mass is 32.2. The van der Waals surface area contributed by atoms with Crippen LogP contribution in [0.5, 0.6) is 0 Å². The van der Waals surface area contributed by atoms with Crippen LogP contribution in [0.3, 0.4) is 0 Å². The summed E-state index contributed by atoms with van der Waals surface area (Å²) >= 11 is 1.26. The highest BCUT2D eigenvalue weighted by molar-refractivity contribution is 7.91. The third kappa shape index (κ3) is 3.63. The molecule has 1 aliphatic rings. The maximum atomic E-state index is 12.5. The Kier molecular flexibility index (Phi) is 4.81. The maximum absolute atomic E-state index is 12.5. The van der Waals surface area contributed by atoms with Crippen molar-refractivity contribution in [2.75, 3.05) is 26.2 Å². The van der Waals surface area contributed by atoms with E-state index in [1.54, 1.807) is 21.8 Å². The van der Waals surface area contributed by atoms with E-state index in [0.717, 1.165) is 0 Å². The first kappa shape index (κ1) is 16.6. The Morgan fingerprint density at radius 3 is 2.57 bits per heavy atom. The van der Waals surface area contributed by atoms with Crippen LogP contribution in [-0.4, -0.2) is 54.0 Å². The third-order valence-electron chi connectivity index (χ3n) is 3.76. The molecule has 126 valence electrons. The normalized spacial score (nSPS) is 17.9. The van der Waals surface area contributed by atoms with Crippen molar-refractivity contribution < 1.29 is 12.8 Å². The Morgan fingerprint density at radius 2 is 2.00 bits per heavy atom. The van der Waals surface area contributed by atoms with Crippen molar-refractivity contribution >= 4 is 21.4 Å². The molecule has 0 saturated carbocycles. The van der Waals surface area contributed by atoms with Gasteiger partial charge < -0.3 is 4.42 Å². The summed E-state index contributed by atoms with van der Waals surface area (Å²) in [5, 5.41) is 9.86. The summed E-state index contributed by atoms with van der Waals surface area (Å²) in [5.41, 5.74) is 0. The first-order valence-corrected chi connectivity index (χ1v) is 9.87. The minimum absolute atomic E-state index is 0.212. The molecule has 0 N–H and O–H groups in total. The minimum atomic E-state index is -3.35. The molecule has 3 rings (SSSR count). The molecule has 0 bridgehead atoms. The van der Waals surface area contributed by atoms with Gasteiger partial charge in [-0.1, -0.05) is 19.9 Å². The smallest absolute Gasteiger partial charge is 0.252 e. The highest BCUT2D eigenvalue weighted by Gasteiger charge is 2.29. The molecular weight excluding hydrogens is 336 g/mol. The van der Waals surface area contributed by atoms with Crippen molar-refractivity contribution in [3.63, 3.8) is 0 Å². The van der Waals surface area contributed by atoms with Gasteiger partial charge in [-0.2, -0.15) is 4.31 Å². The summed E-state index contributed by atoms with van der Waals surface area (Å²) in [6.45, 7) is 6.84. The minimum Gasteiger partial charge on any atom is -0.424 e. The number of nitrogens with zero attached hydrogens (tertiary/aromatic N) is 4. The summed E-state index contributed by atoms with van der Waals surface area (Å²) < 4.78 is 32.5. The first-order valence-electron chi connectivity index (χ1n) is 7.55. The molecule has 0 unspecified atom stereocenters. The Balaban J connectivity index is 1.58. The zero-order valence-corrected chi connectivity index (χ0v) is 14.8. The molecule has 7 nitrogen and oxygen atoms in total. The third-order valence-corrected chi connectivity index (χ3v) is 7.03. The summed E-state index contributed by atoms with van der Waals surface area (Å²) in [6.07, 6.45) is 0. The van der Waals surface area contributed by atoms with Crippen molar-refractivity contribution in [2.45, 2.75) is 30.5 Å². The van der Waals surface area contributed by atoms with E-state index in [4.69, 9.17) is 4.42 Å². The van der Waals surface area contributed by atoms with Crippen molar-refractivity contribution in [1.29, 1.82) is 0 Å². The average molecular weight is 356 g/mol. The quantitative estimate of drug-likeness (QED) is 0.812. The average Bonchev–Trinajstić information content (AvgIpc) is 3.19. The van der Waals surface area contributed by atoms with Gasteiger partial charge in [0.05, 0.1) is 6.54 Å². The molecule has 0 atom stereocenters. The summed E-state index contributed by atoms with van der Waals surface area (Å²) in [6, 6.07) is 3.41. The molecule has 3 heterocycles. The van der Waals surface area contributed by atoms with E-state index in [2.05, 4.69) is 15.1 Å². The van der Waals surface area contributed by atoms with Crippen LogP contribution in [0.4, 0.5) is 0 Å². The number of thiophene rings is 1. The van der Waals surface area contributed by atoms with E-state index in [9.17, 15) is 8.42 Å². The van der Waals surface area contributed by atoms with E-state index >= 15 is 0 Å². The van der Waals surface area contributed by atoms with Crippen LogP contribution in [0.15, 0.2) is 26.1 Å². The predicted molar refractivity (Wildman–Crippen MR) is 86.7 cm³/mol. The van der Waals surface area contributed by atoms with Gasteiger partial charge in [0.2, 0.25) is 11.8 Å². The van der Waals surface area contributed by atoms with Crippen LogP contribution >= 0.6 is 11.3 Å². The number of rotatable bonds is 5. The molecule has 0 aliphatic carbocycles. The standard InChI is InChI=1S/C14H20N4O3S2/c1-11(2)14-16-15-12(21-14)10-17-5-7-18(8-6-17)23(19,20)13-4-3-9-22-13/h3-4,9,11H,5-8,10H2,1-2H3. The van der Waals surface area contributed by atoms with Gasteiger partial charge in [-0.25, -0.2) is 8.42 Å². The van der Waals surface area contributed by atoms with E-state index in [1.165, 1.54) is 11.3 Å². The fourth-order valence-electron chi connectivity index (χ4n) is 2.42. The van der Waals surface area contributed by atoms with Gasteiger partial charge in [-0.15, -0.1) is 21.5 Å². The molecule has 23 heavy (non-hydrogen) atoms. The maximum Gasteiger partial charge on any atom is 0.252 e. The number of hydrogen-bond acceptors (Lipinski definition) is 7. The van der Waals surface area contributed by atoms with Crippen LogP contribution < -0.4 is 0 Å². The molecule has 0 amide bonds. The molecular formula is C14H20N4O3S2. The fraction of sp³-hybridized carbons (Fsp3) is 0.571. The van der Waals surface area contributed by atoms with Crippen molar-refractivity contribution in [3.8, 4) is 0 Å². The summed E-state index contributed by atoms with van der Waals surface area (Å²) in [4.78, 5) is 2.14. The van der Waals surface area contributed by atoms with Crippen LogP contribution in [0.2, 0.25) is 0 Å². The highest BCUT2D eigenvalue weighted by Crippen LogP contribution is 2.22. The lowest BCUT2D eigenvalue weighted by Gasteiger charge is -2.32. The Morgan fingerprint density at radius 1 is 1.26 bits per heavy atom. The molecule has 2 aromatic rings. The number of aromatic nitrogens is 2. The second kappa shape index (κ2) is 6.68. The van der Waals surface area contributed by atoms with Crippen LogP contribution in [0.25, 0.3) is 0 Å². The fourth-order valence-corrected chi connectivity index (χ4v) is 4.99. The van der Waals surface area contributed by atoms with E-state index in [-0.39, 0.29) is 5.92 Å². The summed E-state index contributed by atoms with van der Waals surface area (Å²) in [7, 11) is -3.35. The zero-order valence-electron chi connectivity index (χ0n) is 13.2. The van der Waals surface area contributed by atoms with Gasteiger partial charge in [0, 0.05) is 32.1 Å². The van der Waals surface area contributed by atoms with Gasteiger partial charge in [-0.3, -0.25) is 4.90 Å². The SMILES string of the molecule is CC(C)c1nnc(CN2CCN(S(=O)(=O)c3cccs3)CC2)o1. The predicted octanol–water partition coefficient (Wildman–Crippen LogP) is 1.76. The van der Waals surface area contributed by atoms with Gasteiger partial charge in [-0.05, 0) is 11.4 Å². The molecule has 0 spiro atoms. The second-order valence-corrected chi connectivity index (χ2v) is 8.91. The topological polar surface area (TPSA) is 79.5 Å². The van der Waals surface area contributed by atoms with Crippen LogP contribution in [0.1, 0.15) is 31.5 Å². The van der Waals surface area contributed by atoms with Crippen molar-refractivity contribution in [1.82, 2.24) is 19.4 Å². The lowest BCUT2D eigenvalue weighted by Crippen LogP contribution is -2.48. The van der Waals surface area contributed by atoms with E-state index < -0.39 is 10.0 Å². The van der Waals surface area contributed by atoms with Gasteiger partial charge in [0.1, 0.15) is 4.21 Å². The first-order chi connectivity index (χ1) is 11.0. The Labute approximate surface area is 140 Å². The number of sulfonamides is 1. The molecule has 1 aliphatic heterocycles. The molecule has 1 saturated heterocycles. The van der Waals surface area contributed by atoms with Crippen LogP contribution in [0, 0.1) is 0 Å². The monoisotopic (exact) mass is 356 g/mol. The second-order valence-electron chi connectivity index (χ2n) is 5.80. The lowest BCUT2D eigenvalue weighted by atomic mass is 10.2. The lowest BCUT2D eigenvalue weighted by molar-refractivity contribution is 0.167. The van der Waals surface area contributed by atoms with Crippen molar-refractivity contribution in [2.24, 2.45) is 0 Å². The van der Waals surface area contributed by atoms with E-state index in [1.807, 2.05) is 13.8 Å². The molecule has 1 fully saturated rings. The summed E-state index contributed by atoms with van der Waals surface area (Å²) in [5.74, 6) is 1.44. The van der Waals surface area contributed by atoms with E-state index in [0.29, 0.717) is 48.7 Å². The van der Waals surface area contributed by atoms with Gasteiger partial charge >= 0.3 is 0 Å². The van der Waals surface area contributed by atoms with Crippen LogP contribution in [-0.2, 0) is 16.6 Å². The molecule has 2 aromatic heterocycles. The Bertz CT molecular complexity index is 732. The molecule has 9 heteroatoms. The largest absolute Gasteiger partial charge is 0.424 e. The molecule has 0 radical (unpaired) electrons. The molecule has 0 aromatic carbocycles. The Hall–Kier alpha value is -1.29. The van der Waals surface area contributed by atoms with Gasteiger partial charge in [0.25, 0.3) is 10.0 Å². The number of hydrogen-bond donors (Lipinski definition) is 0. The van der Waals surface area contributed by atoms with Crippen molar-refractivity contribution in [3.05, 3.63) is 29.3 Å².